The van der Waals surface area contributed by atoms with E-state index < -0.39 is 0 Å². The number of likely N-dealkylation sites (N-methyl/N-ethyl adjacent to an activating group) is 1. The normalized spacial score (nSPS) is 10.8. The minimum atomic E-state index is -0.0887. The van der Waals surface area contributed by atoms with Crippen LogP contribution in [-0.2, 0) is 4.79 Å². The third-order valence-corrected chi connectivity index (χ3v) is 6.10. The van der Waals surface area contributed by atoms with Gasteiger partial charge in [-0.2, -0.15) is 0 Å². The first-order valence-electron chi connectivity index (χ1n) is 9.06. The lowest BCUT2D eigenvalue weighted by Gasteiger charge is -2.22. The Hall–Kier alpha value is -1.80. The zero-order valence-corrected chi connectivity index (χ0v) is 19.5. The number of hydrogen-bond donors (Lipinski definition) is 0. The molecule has 3 aromatic rings. The van der Waals surface area contributed by atoms with Gasteiger partial charge in [-0.25, -0.2) is 4.98 Å². The molecule has 0 aliphatic heterocycles. The highest BCUT2D eigenvalue weighted by Crippen LogP contribution is 2.31. The molecule has 2 aromatic carbocycles. The average molecular weight is 452 g/mol. The molecule has 1 heterocycles. The number of nitrogens with zero attached hydrogens (tertiary/aromatic N) is 3. The van der Waals surface area contributed by atoms with E-state index in [4.69, 9.17) is 9.72 Å². The van der Waals surface area contributed by atoms with E-state index in [0.29, 0.717) is 11.7 Å². The van der Waals surface area contributed by atoms with Crippen LogP contribution in [0.15, 0.2) is 47.4 Å². The first-order chi connectivity index (χ1) is 13.5. The highest BCUT2D eigenvalue weighted by atomic mass is 35.5. The van der Waals surface area contributed by atoms with Gasteiger partial charge in [0.2, 0.25) is 0 Å². The topological polar surface area (TPSA) is 45.7 Å². The van der Waals surface area contributed by atoms with E-state index in [9.17, 15) is 4.79 Å². The Balaban J connectivity index is 0.00000300. The van der Waals surface area contributed by atoms with Gasteiger partial charge in [0.15, 0.2) is 11.7 Å². The maximum absolute atomic E-state index is 13.0. The first kappa shape index (κ1) is 23.5. The molecule has 1 aromatic heterocycles. The highest BCUT2D eigenvalue weighted by molar-refractivity contribution is 7.98. The van der Waals surface area contributed by atoms with Crippen LogP contribution in [0.5, 0.6) is 5.75 Å². The second-order valence-electron chi connectivity index (χ2n) is 6.73. The standard InChI is InChI=1S/C21H25N3O2S2.ClH/c1-15-7-5-6-8-18(15)26-14-20(25)24(12-11-23(2)3)21-22-17-10-9-16(27-4)13-19(17)28-21;/h5-10,13H,11-12,14H2,1-4H3;1H. The minimum Gasteiger partial charge on any atom is -0.483 e. The Morgan fingerprint density at radius 1 is 1.17 bits per heavy atom. The van der Waals surface area contributed by atoms with Crippen molar-refractivity contribution in [1.82, 2.24) is 9.88 Å². The van der Waals surface area contributed by atoms with Crippen molar-refractivity contribution in [2.24, 2.45) is 0 Å². The van der Waals surface area contributed by atoms with Gasteiger partial charge < -0.3 is 9.64 Å². The molecule has 0 atom stereocenters. The summed E-state index contributed by atoms with van der Waals surface area (Å²) in [6, 6.07) is 13.9. The van der Waals surface area contributed by atoms with E-state index in [2.05, 4.69) is 23.3 Å². The Bertz CT molecular complexity index is 962. The van der Waals surface area contributed by atoms with Crippen LogP contribution in [0.2, 0.25) is 0 Å². The van der Waals surface area contributed by atoms with Gasteiger partial charge in [-0.15, -0.1) is 24.2 Å². The van der Waals surface area contributed by atoms with Gasteiger partial charge in [-0.05, 0) is 57.1 Å². The summed E-state index contributed by atoms with van der Waals surface area (Å²) >= 11 is 3.25. The molecular weight excluding hydrogens is 426 g/mol. The van der Waals surface area contributed by atoms with Crippen LogP contribution in [0.25, 0.3) is 10.2 Å². The third-order valence-electron chi connectivity index (χ3n) is 4.33. The summed E-state index contributed by atoms with van der Waals surface area (Å²) in [6.07, 6.45) is 2.05. The molecule has 0 aliphatic carbocycles. The quantitative estimate of drug-likeness (QED) is 0.463. The van der Waals surface area contributed by atoms with Crippen LogP contribution >= 0.6 is 35.5 Å². The van der Waals surface area contributed by atoms with Gasteiger partial charge in [-0.3, -0.25) is 9.69 Å². The number of ether oxygens (including phenoxy) is 1. The van der Waals surface area contributed by atoms with Gasteiger partial charge >= 0.3 is 0 Å². The summed E-state index contributed by atoms with van der Waals surface area (Å²) < 4.78 is 6.87. The Labute approximate surface area is 186 Å². The van der Waals surface area contributed by atoms with Gasteiger partial charge in [0, 0.05) is 18.0 Å². The molecule has 156 valence electrons. The Morgan fingerprint density at radius 2 is 1.93 bits per heavy atom. The number of para-hydroxylation sites is 1. The molecule has 8 heteroatoms. The zero-order valence-electron chi connectivity index (χ0n) is 17.0. The molecule has 5 nitrogen and oxygen atoms in total. The van der Waals surface area contributed by atoms with Crippen LogP contribution in [0, 0.1) is 6.92 Å². The van der Waals surface area contributed by atoms with Crippen LogP contribution in [0.1, 0.15) is 5.56 Å². The molecule has 0 bridgehead atoms. The average Bonchev–Trinajstić information content (AvgIpc) is 3.09. The molecular formula is C21H26ClN3O2S2. The number of aromatic nitrogens is 1. The molecule has 0 aliphatic rings. The molecule has 3 rings (SSSR count). The predicted octanol–water partition coefficient (Wildman–Crippen LogP) is 4.72. The SMILES string of the molecule is CSc1ccc2nc(N(CCN(C)C)C(=O)COc3ccccc3C)sc2c1.Cl. The molecule has 1 amide bonds. The zero-order chi connectivity index (χ0) is 20.1. The van der Waals surface area contributed by atoms with Crippen molar-refractivity contribution in [2.75, 3.05) is 44.9 Å². The maximum atomic E-state index is 13.0. The number of aryl methyl sites for hydroxylation is 1. The van der Waals surface area contributed by atoms with Crippen molar-refractivity contribution in [3.63, 3.8) is 0 Å². The molecule has 0 saturated carbocycles. The molecule has 0 unspecified atom stereocenters. The first-order valence-corrected chi connectivity index (χ1v) is 11.1. The lowest BCUT2D eigenvalue weighted by Crippen LogP contribution is -2.39. The minimum absolute atomic E-state index is 0. The largest absolute Gasteiger partial charge is 0.483 e. The number of anilines is 1. The highest BCUT2D eigenvalue weighted by Gasteiger charge is 2.21. The van der Waals surface area contributed by atoms with Crippen LogP contribution in [0.3, 0.4) is 0 Å². The second-order valence-corrected chi connectivity index (χ2v) is 8.62. The number of fused-ring (bicyclic) bond motifs is 1. The molecule has 0 N–H and O–H groups in total. The van der Waals surface area contributed by atoms with Gasteiger partial charge in [0.25, 0.3) is 5.91 Å². The summed E-state index contributed by atoms with van der Waals surface area (Å²) in [5, 5.41) is 0.716. The lowest BCUT2D eigenvalue weighted by atomic mass is 10.2. The fourth-order valence-corrected chi connectivity index (χ4v) is 4.26. The predicted molar refractivity (Wildman–Crippen MR) is 126 cm³/mol. The van der Waals surface area contributed by atoms with Gasteiger partial charge in [-0.1, -0.05) is 29.5 Å². The smallest absolute Gasteiger partial charge is 0.266 e. The number of hydrogen-bond acceptors (Lipinski definition) is 6. The fraction of sp³-hybridized carbons (Fsp3) is 0.333. The Kier molecular flexibility index (Phi) is 8.77. The number of amides is 1. The molecule has 0 fully saturated rings. The van der Waals surface area contributed by atoms with E-state index in [-0.39, 0.29) is 24.9 Å². The van der Waals surface area contributed by atoms with Crippen molar-refractivity contribution in [2.45, 2.75) is 11.8 Å². The maximum Gasteiger partial charge on any atom is 0.266 e. The van der Waals surface area contributed by atoms with Gasteiger partial charge in [0.1, 0.15) is 5.75 Å². The van der Waals surface area contributed by atoms with E-state index in [1.165, 1.54) is 4.90 Å². The summed E-state index contributed by atoms with van der Waals surface area (Å²) in [6.45, 7) is 3.28. The summed E-state index contributed by atoms with van der Waals surface area (Å²) in [5.41, 5.74) is 1.93. The van der Waals surface area contributed by atoms with Crippen molar-refractivity contribution in [3.8, 4) is 5.75 Å². The number of carbonyl (C=O) groups excluding carboxylic acids is 1. The third kappa shape index (κ3) is 6.09. The van der Waals surface area contributed by atoms with E-state index in [0.717, 1.165) is 28.1 Å². The van der Waals surface area contributed by atoms with Gasteiger partial charge in [0.05, 0.1) is 10.2 Å². The van der Waals surface area contributed by atoms with E-state index >= 15 is 0 Å². The molecule has 0 radical (unpaired) electrons. The number of rotatable bonds is 8. The van der Waals surface area contributed by atoms with E-state index in [1.54, 1.807) is 28.0 Å². The van der Waals surface area contributed by atoms with Crippen LogP contribution in [0.4, 0.5) is 5.13 Å². The Morgan fingerprint density at radius 3 is 2.62 bits per heavy atom. The second kappa shape index (κ2) is 10.8. The number of benzene rings is 2. The summed E-state index contributed by atoms with van der Waals surface area (Å²) in [5.74, 6) is 0.645. The van der Waals surface area contributed by atoms with Crippen LogP contribution < -0.4 is 9.64 Å². The van der Waals surface area contributed by atoms with Crippen molar-refractivity contribution in [1.29, 1.82) is 0 Å². The summed E-state index contributed by atoms with van der Waals surface area (Å²) in [4.78, 5) is 22.7. The van der Waals surface area contributed by atoms with Crippen molar-refractivity contribution >= 4 is 56.8 Å². The van der Waals surface area contributed by atoms with Crippen LogP contribution in [-0.4, -0.2) is 55.8 Å². The number of halogens is 1. The van der Waals surface area contributed by atoms with Crippen molar-refractivity contribution in [3.05, 3.63) is 48.0 Å². The monoisotopic (exact) mass is 451 g/mol. The number of thioether (sulfide) groups is 1. The molecule has 0 spiro atoms. The number of thiazole rings is 1. The molecule has 0 saturated heterocycles. The fourth-order valence-electron chi connectivity index (χ4n) is 2.70. The number of carbonyl (C=O) groups is 1. The summed E-state index contributed by atoms with van der Waals surface area (Å²) in [7, 11) is 3.99. The lowest BCUT2D eigenvalue weighted by molar-refractivity contribution is -0.120. The van der Waals surface area contributed by atoms with Crippen molar-refractivity contribution < 1.29 is 9.53 Å². The molecule has 29 heavy (non-hydrogen) atoms. The van der Waals surface area contributed by atoms with E-state index in [1.807, 2.05) is 51.4 Å².